The Morgan fingerprint density at radius 3 is 2.64 bits per heavy atom. The second-order valence-electron chi connectivity index (χ2n) is 7.38. The normalized spacial score (nSPS) is 25.5. The summed E-state index contributed by atoms with van der Waals surface area (Å²) in [6.45, 7) is 2.66. The summed E-state index contributed by atoms with van der Waals surface area (Å²) in [6.07, 6.45) is 4.40. The number of ether oxygens (including phenoxy) is 2. The van der Waals surface area contributed by atoms with Crippen LogP contribution in [0.15, 0.2) is 48.5 Å². The number of ketones is 1. The number of benzene rings is 2. The molecule has 0 bridgehead atoms. The summed E-state index contributed by atoms with van der Waals surface area (Å²) in [5.74, 6) is 0.971. The minimum Gasteiger partial charge on any atom is -0.486 e. The van der Waals surface area contributed by atoms with Gasteiger partial charge >= 0.3 is 0 Å². The van der Waals surface area contributed by atoms with E-state index in [1.807, 2.05) is 43.3 Å². The highest BCUT2D eigenvalue weighted by atomic mass is 16.5. The Bertz CT molecular complexity index is 758. The van der Waals surface area contributed by atoms with E-state index < -0.39 is 0 Å². The number of carbonyl (C=O) groups is 1. The Kier molecular flexibility index (Phi) is 4.34. The van der Waals surface area contributed by atoms with Crippen LogP contribution in [0, 0.1) is 6.92 Å². The fourth-order valence-corrected chi connectivity index (χ4v) is 3.96. The van der Waals surface area contributed by atoms with Crippen LogP contribution in [0.4, 0.5) is 0 Å². The molecule has 1 aliphatic heterocycles. The number of aryl methyl sites for hydroxylation is 1. The van der Waals surface area contributed by atoms with Crippen LogP contribution in [0.2, 0.25) is 0 Å². The SMILES string of the molecule is Cc1ccc2c(c1)C(=O)CC1(CCC(OCc3ccccc3)CC1)O2. The molecule has 3 heteroatoms. The maximum Gasteiger partial charge on any atom is 0.170 e. The number of hydrogen-bond acceptors (Lipinski definition) is 3. The average molecular weight is 336 g/mol. The Morgan fingerprint density at radius 2 is 1.88 bits per heavy atom. The van der Waals surface area contributed by atoms with E-state index in [9.17, 15) is 4.79 Å². The summed E-state index contributed by atoms with van der Waals surface area (Å²) in [7, 11) is 0. The van der Waals surface area contributed by atoms with E-state index >= 15 is 0 Å². The second kappa shape index (κ2) is 6.64. The first kappa shape index (κ1) is 16.3. The van der Waals surface area contributed by atoms with Crippen molar-refractivity contribution < 1.29 is 14.3 Å². The molecule has 1 aliphatic carbocycles. The molecule has 0 N–H and O–H groups in total. The van der Waals surface area contributed by atoms with E-state index in [2.05, 4.69) is 12.1 Å². The monoisotopic (exact) mass is 336 g/mol. The molecule has 3 nitrogen and oxygen atoms in total. The van der Waals surface area contributed by atoms with Crippen LogP contribution in [-0.4, -0.2) is 17.5 Å². The molecule has 0 saturated heterocycles. The lowest BCUT2D eigenvalue weighted by Gasteiger charge is -2.42. The summed E-state index contributed by atoms with van der Waals surface area (Å²) in [6, 6.07) is 16.2. The lowest BCUT2D eigenvalue weighted by molar-refractivity contribution is -0.0507. The summed E-state index contributed by atoms with van der Waals surface area (Å²) >= 11 is 0. The third-order valence-corrected chi connectivity index (χ3v) is 5.42. The van der Waals surface area contributed by atoms with Crippen molar-refractivity contribution in [2.75, 3.05) is 0 Å². The van der Waals surface area contributed by atoms with Gasteiger partial charge in [0.05, 0.1) is 24.7 Å². The van der Waals surface area contributed by atoms with Crippen molar-refractivity contribution in [3.63, 3.8) is 0 Å². The van der Waals surface area contributed by atoms with Gasteiger partial charge in [-0.2, -0.15) is 0 Å². The fraction of sp³-hybridized carbons (Fsp3) is 0.409. The molecule has 1 spiro atoms. The third-order valence-electron chi connectivity index (χ3n) is 5.42. The van der Waals surface area contributed by atoms with Gasteiger partial charge in [-0.25, -0.2) is 0 Å². The second-order valence-corrected chi connectivity index (χ2v) is 7.38. The van der Waals surface area contributed by atoms with Crippen molar-refractivity contribution in [2.45, 2.75) is 57.3 Å². The van der Waals surface area contributed by atoms with Gasteiger partial charge in [0.15, 0.2) is 5.78 Å². The highest BCUT2D eigenvalue weighted by molar-refractivity contribution is 6.00. The minimum absolute atomic E-state index is 0.216. The topological polar surface area (TPSA) is 35.5 Å². The van der Waals surface area contributed by atoms with E-state index in [0.717, 1.165) is 42.6 Å². The molecule has 0 unspecified atom stereocenters. The minimum atomic E-state index is -0.327. The van der Waals surface area contributed by atoms with Crippen LogP contribution in [0.1, 0.15) is 53.6 Å². The van der Waals surface area contributed by atoms with Gasteiger partial charge in [-0.1, -0.05) is 42.0 Å². The van der Waals surface area contributed by atoms with Crippen LogP contribution in [-0.2, 0) is 11.3 Å². The summed E-state index contributed by atoms with van der Waals surface area (Å²) in [4.78, 5) is 12.6. The van der Waals surface area contributed by atoms with Crippen LogP contribution in [0.5, 0.6) is 5.75 Å². The first-order chi connectivity index (χ1) is 12.1. The molecule has 1 heterocycles. The Morgan fingerprint density at radius 1 is 1.12 bits per heavy atom. The molecule has 25 heavy (non-hydrogen) atoms. The molecule has 0 radical (unpaired) electrons. The van der Waals surface area contributed by atoms with Crippen LogP contribution in [0.25, 0.3) is 0 Å². The Hall–Kier alpha value is -2.13. The first-order valence-corrected chi connectivity index (χ1v) is 9.12. The van der Waals surface area contributed by atoms with Crippen LogP contribution >= 0.6 is 0 Å². The maximum atomic E-state index is 12.6. The highest BCUT2D eigenvalue weighted by Crippen LogP contribution is 2.42. The van der Waals surface area contributed by atoms with Gasteiger partial charge in [-0.15, -0.1) is 0 Å². The van der Waals surface area contributed by atoms with Gasteiger partial charge < -0.3 is 9.47 Å². The number of fused-ring (bicyclic) bond motifs is 1. The molecular weight excluding hydrogens is 312 g/mol. The average Bonchev–Trinajstić information content (AvgIpc) is 2.63. The zero-order chi connectivity index (χ0) is 17.3. The lowest BCUT2D eigenvalue weighted by atomic mass is 9.77. The first-order valence-electron chi connectivity index (χ1n) is 9.12. The predicted molar refractivity (Wildman–Crippen MR) is 97.0 cm³/mol. The molecular formula is C22H24O3. The van der Waals surface area contributed by atoms with Gasteiger partial charge in [-0.3, -0.25) is 4.79 Å². The molecule has 1 fully saturated rings. The molecule has 130 valence electrons. The van der Waals surface area contributed by atoms with Crippen molar-refractivity contribution in [1.29, 1.82) is 0 Å². The Labute approximate surface area is 149 Å². The summed E-state index contributed by atoms with van der Waals surface area (Å²) in [5, 5.41) is 0. The van der Waals surface area contributed by atoms with Crippen molar-refractivity contribution in [1.82, 2.24) is 0 Å². The smallest absolute Gasteiger partial charge is 0.170 e. The van der Waals surface area contributed by atoms with E-state index in [4.69, 9.17) is 9.47 Å². The predicted octanol–water partition coefficient (Wildman–Crippen LogP) is 4.86. The van der Waals surface area contributed by atoms with Gasteiger partial charge in [0, 0.05) is 0 Å². The molecule has 1 saturated carbocycles. The third kappa shape index (κ3) is 3.47. The largest absolute Gasteiger partial charge is 0.486 e. The maximum absolute atomic E-state index is 12.6. The molecule has 4 rings (SSSR count). The zero-order valence-corrected chi connectivity index (χ0v) is 14.7. The lowest BCUT2D eigenvalue weighted by Crippen LogP contribution is -2.46. The fourth-order valence-electron chi connectivity index (χ4n) is 3.96. The molecule has 0 atom stereocenters. The molecule has 0 amide bonds. The molecule has 2 aromatic rings. The number of Topliss-reactive ketones (excluding diaryl/α,β-unsaturated/α-hetero) is 1. The molecule has 2 aliphatic rings. The summed E-state index contributed by atoms with van der Waals surface area (Å²) in [5.41, 5.74) is 2.72. The van der Waals surface area contributed by atoms with Crippen LogP contribution < -0.4 is 4.74 Å². The molecule has 0 aromatic heterocycles. The standard InChI is InChI=1S/C22H24O3/c1-16-7-8-21-19(13-16)20(23)14-22(25-21)11-9-18(10-12-22)24-15-17-5-3-2-4-6-17/h2-8,13,18H,9-12,14-15H2,1H3. The number of rotatable bonds is 3. The van der Waals surface area contributed by atoms with Crippen molar-refractivity contribution in [3.05, 3.63) is 65.2 Å². The van der Waals surface area contributed by atoms with Crippen molar-refractivity contribution in [2.24, 2.45) is 0 Å². The van der Waals surface area contributed by atoms with Gasteiger partial charge in [-0.05, 0) is 50.3 Å². The van der Waals surface area contributed by atoms with E-state index in [1.54, 1.807) is 0 Å². The molecule has 2 aromatic carbocycles. The summed E-state index contributed by atoms with van der Waals surface area (Å²) < 4.78 is 12.4. The van der Waals surface area contributed by atoms with E-state index in [-0.39, 0.29) is 17.5 Å². The van der Waals surface area contributed by atoms with Crippen LogP contribution in [0.3, 0.4) is 0 Å². The van der Waals surface area contributed by atoms with Crippen molar-refractivity contribution in [3.8, 4) is 5.75 Å². The van der Waals surface area contributed by atoms with Gasteiger partial charge in [0.2, 0.25) is 0 Å². The number of hydrogen-bond donors (Lipinski definition) is 0. The quantitative estimate of drug-likeness (QED) is 0.803. The van der Waals surface area contributed by atoms with Gasteiger partial charge in [0.25, 0.3) is 0 Å². The Balaban J connectivity index is 1.38. The van der Waals surface area contributed by atoms with Crippen molar-refractivity contribution >= 4 is 5.78 Å². The van der Waals surface area contributed by atoms with Gasteiger partial charge in [0.1, 0.15) is 11.4 Å². The highest BCUT2D eigenvalue weighted by Gasteiger charge is 2.43. The zero-order valence-electron chi connectivity index (χ0n) is 14.7. The van der Waals surface area contributed by atoms with E-state index in [0.29, 0.717) is 13.0 Å². The van der Waals surface area contributed by atoms with E-state index in [1.165, 1.54) is 5.56 Å². The number of carbonyl (C=O) groups excluding carboxylic acids is 1.